The van der Waals surface area contributed by atoms with E-state index in [1.165, 1.54) is 38.6 Å². The van der Waals surface area contributed by atoms with Crippen LogP contribution in [0.3, 0.4) is 0 Å². The van der Waals surface area contributed by atoms with Gasteiger partial charge in [0.1, 0.15) is 0 Å². The predicted molar refractivity (Wildman–Crippen MR) is 85.8 cm³/mol. The van der Waals surface area contributed by atoms with Crippen LogP contribution in [-0.2, 0) is 0 Å². The number of nitrogens with one attached hydrogen (secondary N) is 1. The lowest BCUT2D eigenvalue weighted by molar-refractivity contribution is 0.152. The van der Waals surface area contributed by atoms with Crippen LogP contribution in [0.4, 0.5) is 0 Å². The molecule has 0 saturated heterocycles. The van der Waals surface area contributed by atoms with E-state index in [0.29, 0.717) is 0 Å². The number of rotatable bonds is 5. The van der Waals surface area contributed by atoms with Crippen molar-refractivity contribution >= 4 is 0 Å². The van der Waals surface area contributed by atoms with Gasteiger partial charge in [0, 0.05) is 0 Å². The van der Waals surface area contributed by atoms with Crippen LogP contribution in [0, 0.1) is 23.7 Å². The molecule has 2 saturated carbocycles. The minimum atomic E-state index is 0.858. The second-order valence-corrected chi connectivity index (χ2v) is 6.99. The molecule has 1 N–H and O–H groups in total. The zero-order chi connectivity index (χ0) is 13.9. The molecule has 1 aromatic rings. The van der Waals surface area contributed by atoms with E-state index in [-0.39, 0.29) is 0 Å². The standard InChI is InChI=1S/C19H29N/c1-3-14-9-10-16(13-20-2)17(11-14)19-12-18(19)15-7-5-4-6-8-15/h4-8,14,16-20H,3,9-13H2,1-2H3. The van der Waals surface area contributed by atoms with E-state index in [0.717, 1.165) is 29.6 Å². The average Bonchev–Trinajstić information content (AvgIpc) is 3.29. The Morgan fingerprint density at radius 2 is 1.85 bits per heavy atom. The lowest BCUT2D eigenvalue weighted by Gasteiger charge is -2.36. The fourth-order valence-electron chi connectivity index (χ4n) is 4.54. The van der Waals surface area contributed by atoms with Gasteiger partial charge < -0.3 is 5.32 Å². The zero-order valence-corrected chi connectivity index (χ0v) is 13.0. The molecule has 1 aromatic carbocycles. The summed E-state index contributed by atoms with van der Waals surface area (Å²) in [4.78, 5) is 0. The van der Waals surface area contributed by atoms with Crippen LogP contribution in [0.5, 0.6) is 0 Å². The summed E-state index contributed by atoms with van der Waals surface area (Å²) in [5.41, 5.74) is 1.58. The van der Waals surface area contributed by atoms with Crippen molar-refractivity contribution in [3.05, 3.63) is 35.9 Å². The molecule has 0 radical (unpaired) electrons. The Morgan fingerprint density at radius 3 is 2.55 bits per heavy atom. The van der Waals surface area contributed by atoms with Gasteiger partial charge in [0.2, 0.25) is 0 Å². The van der Waals surface area contributed by atoms with Gasteiger partial charge in [-0.3, -0.25) is 0 Å². The highest BCUT2D eigenvalue weighted by atomic mass is 14.8. The van der Waals surface area contributed by atoms with Gasteiger partial charge in [-0.1, -0.05) is 50.1 Å². The molecular weight excluding hydrogens is 242 g/mol. The van der Waals surface area contributed by atoms with E-state index in [9.17, 15) is 0 Å². The first-order valence-electron chi connectivity index (χ1n) is 8.53. The third kappa shape index (κ3) is 2.93. The molecule has 1 nitrogen and oxygen atoms in total. The molecule has 2 fully saturated rings. The van der Waals surface area contributed by atoms with E-state index in [1.807, 2.05) is 0 Å². The molecule has 1 heteroatoms. The van der Waals surface area contributed by atoms with Crippen LogP contribution in [0.25, 0.3) is 0 Å². The van der Waals surface area contributed by atoms with Gasteiger partial charge >= 0.3 is 0 Å². The molecule has 0 amide bonds. The van der Waals surface area contributed by atoms with E-state index < -0.39 is 0 Å². The van der Waals surface area contributed by atoms with E-state index in [1.54, 1.807) is 5.56 Å². The van der Waals surface area contributed by atoms with Crippen molar-refractivity contribution in [1.29, 1.82) is 0 Å². The molecule has 0 aromatic heterocycles. The van der Waals surface area contributed by atoms with Crippen molar-refractivity contribution in [2.45, 2.75) is 44.9 Å². The van der Waals surface area contributed by atoms with Gasteiger partial charge in [0.15, 0.2) is 0 Å². The summed E-state index contributed by atoms with van der Waals surface area (Å²) in [6.07, 6.45) is 7.21. The average molecular weight is 271 g/mol. The lowest BCUT2D eigenvalue weighted by Crippen LogP contribution is -2.33. The first-order valence-corrected chi connectivity index (χ1v) is 8.53. The topological polar surface area (TPSA) is 12.0 Å². The molecule has 5 atom stereocenters. The minimum Gasteiger partial charge on any atom is -0.319 e. The molecule has 20 heavy (non-hydrogen) atoms. The van der Waals surface area contributed by atoms with Crippen LogP contribution in [0.1, 0.15) is 50.5 Å². The smallest absolute Gasteiger partial charge is 0.00208 e. The maximum absolute atomic E-state index is 3.44. The molecule has 0 spiro atoms. The van der Waals surface area contributed by atoms with Gasteiger partial charge in [-0.2, -0.15) is 0 Å². The number of benzene rings is 1. The fraction of sp³-hybridized carbons (Fsp3) is 0.684. The summed E-state index contributed by atoms with van der Waals surface area (Å²) < 4.78 is 0. The number of hydrogen-bond donors (Lipinski definition) is 1. The SMILES string of the molecule is CCC1CCC(CNC)C(C2CC2c2ccccc2)C1. The zero-order valence-electron chi connectivity index (χ0n) is 13.0. The van der Waals surface area contributed by atoms with Crippen LogP contribution in [-0.4, -0.2) is 13.6 Å². The Labute approximate surface area is 124 Å². The second-order valence-electron chi connectivity index (χ2n) is 6.99. The first-order chi connectivity index (χ1) is 9.83. The minimum absolute atomic E-state index is 0.858. The van der Waals surface area contributed by atoms with Gasteiger partial charge in [0.25, 0.3) is 0 Å². The Hall–Kier alpha value is -0.820. The molecule has 5 unspecified atom stereocenters. The summed E-state index contributed by atoms with van der Waals surface area (Å²) in [7, 11) is 2.12. The lowest BCUT2D eigenvalue weighted by atomic mass is 9.70. The maximum Gasteiger partial charge on any atom is -0.00208 e. The first kappa shape index (κ1) is 14.1. The highest BCUT2D eigenvalue weighted by Crippen LogP contribution is 2.57. The molecular formula is C19H29N. The Kier molecular flexibility index (Phi) is 4.45. The van der Waals surface area contributed by atoms with Crippen molar-refractivity contribution in [1.82, 2.24) is 5.32 Å². The molecule has 2 aliphatic carbocycles. The molecule has 0 aliphatic heterocycles. The van der Waals surface area contributed by atoms with Crippen LogP contribution < -0.4 is 5.32 Å². The van der Waals surface area contributed by atoms with Crippen LogP contribution >= 0.6 is 0 Å². The second kappa shape index (κ2) is 6.30. The Balaban J connectivity index is 1.67. The van der Waals surface area contributed by atoms with Gasteiger partial charge in [0.05, 0.1) is 0 Å². The van der Waals surface area contributed by atoms with E-state index in [4.69, 9.17) is 0 Å². The van der Waals surface area contributed by atoms with Crippen molar-refractivity contribution in [2.75, 3.05) is 13.6 Å². The maximum atomic E-state index is 3.44. The van der Waals surface area contributed by atoms with Crippen molar-refractivity contribution < 1.29 is 0 Å². The summed E-state index contributed by atoms with van der Waals surface area (Å²) >= 11 is 0. The highest BCUT2D eigenvalue weighted by Gasteiger charge is 2.47. The van der Waals surface area contributed by atoms with Crippen molar-refractivity contribution in [2.24, 2.45) is 23.7 Å². The highest BCUT2D eigenvalue weighted by molar-refractivity contribution is 5.26. The van der Waals surface area contributed by atoms with Gasteiger partial charge in [-0.05, 0) is 68.0 Å². The fourth-order valence-corrected chi connectivity index (χ4v) is 4.54. The monoisotopic (exact) mass is 271 g/mol. The van der Waals surface area contributed by atoms with Gasteiger partial charge in [-0.15, -0.1) is 0 Å². The molecule has 2 aliphatic rings. The van der Waals surface area contributed by atoms with Crippen molar-refractivity contribution in [3.63, 3.8) is 0 Å². The van der Waals surface area contributed by atoms with Crippen LogP contribution in [0.15, 0.2) is 30.3 Å². The number of hydrogen-bond acceptors (Lipinski definition) is 1. The molecule has 110 valence electrons. The summed E-state index contributed by atoms with van der Waals surface area (Å²) in [5.74, 6) is 4.69. The molecule has 0 bridgehead atoms. The Bertz CT molecular complexity index is 413. The quantitative estimate of drug-likeness (QED) is 0.834. The van der Waals surface area contributed by atoms with Gasteiger partial charge in [-0.25, -0.2) is 0 Å². The van der Waals surface area contributed by atoms with Crippen LogP contribution in [0.2, 0.25) is 0 Å². The molecule has 0 heterocycles. The molecule has 3 rings (SSSR count). The normalized spacial score (nSPS) is 36.8. The van der Waals surface area contributed by atoms with E-state index in [2.05, 4.69) is 49.6 Å². The Morgan fingerprint density at radius 1 is 1.05 bits per heavy atom. The largest absolute Gasteiger partial charge is 0.319 e. The summed E-state index contributed by atoms with van der Waals surface area (Å²) in [6, 6.07) is 11.2. The predicted octanol–water partition coefficient (Wildman–Crippen LogP) is 4.45. The summed E-state index contributed by atoms with van der Waals surface area (Å²) in [6.45, 7) is 3.60. The third-order valence-electron chi connectivity index (χ3n) is 5.82. The summed E-state index contributed by atoms with van der Waals surface area (Å²) in [5, 5.41) is 3.44. The van der Waals surface area contributed by atoms with E-state index >= 15 is 0 Å². The van der Waals surface area contributed by atoms with Crippen molar-refractivity contribution in [3.8, 4) is 0 Å². The third-order valence-corrected chi connectivity index (χ3v) is 5.82.